The molecular weight excluding hydrogens is 448 g/mol. The minimum atomic E-state index is -1.51. The lowest BCUT2D eigenvalue weighted by Crippen LogP contribution is -2.24. The zero-order valence-electron chi connectivity index (χ0n) is 17.2. The van der Waals surface area contributed by atoms with Crippen LogP contribution in [-0.4, -0.2) is 28.2 Å². The maximum Gasteiger partial charge on any atom is 0.231 e. The van der Waals surface area contributed by atoms with E-state index in [4.69, 9.17) is 27.9 Å². The lowest BCUT2D eigenvalue weighted by atomic mass is 10.1. The molecule has 2 unspecified atom stereocenters. The van der Waals surface area contributed by atoms with Crippen LogP contribution in [0.25, 0.3) is 11.0 Å². The summed E-state index contributed by atoms with van der Waals surface area (Å²) in [5.41, 5.74) is 1.45. The first-order chi connectivity index (χ1) is 14.6. The second kappa shape index (κ2) is 10.7. The SMILES string of the molecule is CC.CNC(F)n1c(C2CCCCO2)c(Cl)c2nc(Cl)nc(NCc3cccs3)c21. The van der Waals surface area contributed by atoms with Crippen molar-refractivity contribution < 1.29 is 9.13 Å². The molecule has 0 bridgehead atoms. The molecule has 4 heterocycles. The van der Waals surface area contributed by atoms with Crippen molar-refractivity contribution in [3.8, 4) is 0 Å². The average Bonchev–Trinajstić information content (AvgIpc) is 3.40. The fourth-order valence-corrected chi connectivity index (χ4v) is 4.64. The normalized spacial score (nSPS) is 17.5. The third-order valence-electron chi connectivity index (χ3n) is 4.75. The predicted molar refractivity (Wildman–Crippen MR) is 122 cm³/mol. The lowest BCUT2D eigenvalue weighted by molar-refractivity contribution is 0.00673. The first kappa shape index (κ1) is 23.2. The Hall–Kier alpha value is -1.45. The summed E-state index contributed by atoms with van der Waals surface area (Å²) in [5.74, 6) is 0.435. The number of anilines is 1. The summed E-state index contributed by atoms with van der Waals surface area (Å²) in [6, 6.07) is 3.98. The highest BCUT2D eigenvalue weighted by Crippen LogP contribution is 2.42. The molecule has 2 atom stereocenters. The van der Waals surface area contributed by atoms with Crippen LogP contribution < -0.4 is 10.6 Å². The fraction of sp³-hybridized carbons (Fsp3) is 0.500. The Kier molecular flexibility index (Phi) is 8.30. The van der Waals surface area contributed by atoms with Crippen LogP contribution in [0.15, 0.2) is 17.5 Å². The average molecular weight is 474 g/mol. The number of aromatic nitrogens is 3. The van der Waals surface area contributed by atoms with Gasteiger partial charge in [-0.25, -0.2) is 9.37 Å². The maximum atomic E-state index is 15.0. The number of alkyl halides is 1. The molecule has 0 saturated carbocycles. The van der Waals surface area contributed by atoms with E-state index in [1.54, 1.807) is 18.4 Å². The topological polar surface area (TPSA) is 64.0 Å². The Labute approximate surface area is 189 Å². The summed E-state index contributed by atoms with van der Waals surface area (Å²) in [7, 11) is 1.55. The lowest BCUT2D eigenvalue weighted by Gasteiger charge is -2.26. The number of hydrogen-bond donors (Lipinski definition) is 2. The molecule has 164 valence electrons. The van der Waals surface area contributed by atoms with Gasteiger partial charge >= 0.3 is 0 Å². The summed E-state index contributed by atoms with van der Waals surface area (Å²) in [6.07, 6.45) is 0.938. The van der Waals surface area contributed by atoms with Crippen molar-refractivity contribution in [1.82, 2.24) is 19.9 Å². The van der Waals surface area contributed by atoms with Gasteiger partial charge in [-0.1, -0.05) is 31.5 Å². The van der Waals surface area contributed by atoms with Crippen LogP contribution in [0.2, 0.25) is 10.3 Å². The third kappa shape index (κ3) is 4.73. The second-order valence-electron chi connectivity index (χ2n) is 6.52. The van der Waals surface area contributed by atoms with Gasteiger partial charge in [0.1, 0.15) is 11.0 Å². The van der Waals surface area contributed by atoms with Gasteiger partial charge in [-0.2, -0.15) is 4.98 Å². The molecule has 0 aliphatic carbocycles. The Morgan fingerprint density at radius 3 is 2.77 bits per heavy atom. The van der Waals surface area contributed by atoms with Crippen LogP contribution in [-0.2, 0) is 11.3 Å². The molecule has 0 aromatic carbocycles. The molecule has 0 spiro atoms. The second-order valence-corrected chi connectivity index (χ2v) is 8.27. The van der Waals surface area contributed by atoms with Crippen LogP contribution >= 0.6 is 34.5 Å². The number of fused-ring (bicyclic) bond motifs is 1. The molecule has 1 saturated heterocycles. The van der Waals surface area contributed by atoms with E-state index < -0.39 is 6.42 Å². The van der Waals surface area contributed by atoms with E-state index >= 15 is 4.39 Å². The molecule has 1 aliphatic heterocycles. The van der Waals surface area contributed by atoms with Crippen LogP contribution in [0.4, 0.5) is 10.2 Å². The summed E-state index contributed by atoms with van der Waals surface area (Å²) in [6.45, 7) is 5.16. The molecule has 2 N–H and O–H groups in total. The zero-order chi connectivity index (χ0) is 21.7. The van der Waals surface area contributed by atoms with E-state index in [0.717, 1.165) is 24.1 Å². The molecule has 4 rings (SSSR count). The van der Waals surface area contributed by atoms with E-state index in [0.29, 0.717) is 40.7 Å². The van der Waals surface area contributed by atoms with Crippen molar-refractivity contribution in [3.05, 3.63) is 38.4 Å². The molecule has 3 aromatic heterocycles. The Balaban J connectivity index is 0.00000124. The summed E-state index contributed by atoms with van der Waals surface area (Å²) >= 11 is 14.4. The van der Waals surface area contributed by atoms with Gasteiger partial charge in [0.15, 0.2) is 5.82 Å². The molecule has 0 radical (unpaired) electrons. The van der Waals surface area contributed by atoms with Gasteiger partial charge in [-0.15, -0.1) is 11.3 Å². The molecule has 10 heteroatoms. The van der Waals surface area contributed by atoms with Crippen molar-refractivity contribution in [1.29, 1.82) is 0 Å². The molecule has 1 aliphatic rings. The zero-order valence-corrected chi connectivity index (χ0v) is 19.5. The van der Waals surface area contributed by atoms with E-state index in [2.05, 4.69) is 20.6 Å². The first-order valence-electron chi connectivity index (χ1n) is 10.1. The third-order valence-corrected chi connectivity index (χ3v) is 6.17. The van der Waals surface area contributed by atoms with E-state index in [1.807, 2.05) is 31.4 Å². The van der Waals surface area contributed by atoms with Crippen molar-refractivity contribution in [3.63, 3.8) is 0 Å². The number of ether oxygens (including phenoxy) is 1. The molecule has 0 amide bonds. The summed E-state index contributed by atoms with van der Waals surface area (Å²) < 4.78 is 22.4. The van der Waals surface area contributed by atoms with Gasteiger partial charge in [-0.05, 0) is 49.4 Å². The van der Waals surface area contributed by atoms with Crippen molar-refractivity contribution >= 4 is 51.4 Å². The number of hydrogen-bond acceptors (Lipinski definition) is 6. The summed E-state index contributed by atoms with van der Waals surface area (Å²) in [4.78, 5) is 9.72. The van der Waals surface area contributed by atoms with Gasteiger partial charge in [0.05, 0.1) is 23.4 Å². The van der Waals surface area contributed by atoms with Crippen molar-refractivity contribution in [2.24, 2.45) is 0 Å². The summed E-state index contributed by atoms with van der Waals surface area (Å²) in [5, 5.41) is 8.30. The van der Waals surface area contributed by atoms with E-state index in [9.17, 15) is 0 Å². The predicted octanol–water partition coefficient (Wildman–Crippen LogP) is 6.32. The number of nitrogens with one attached hydrogen (secondary N) is 2. The molecule has 30 heavy (non-hydrogen) atoms. The number of rotatable bonds is 6. The van der Waals surface area contributed by atoms with Crippen LogP contribution in [0.5, 0.6) is 0 Å². The van der Waals surface area contributed by atoms with E-state index in [-0.39, 0.29) is 11.4 Å². The molecule has 1 fully saturated rings. The highest BCUT2D eigenvalue weighted by Gasteiger charge is 2.31. The number of halogens is 3. The Morgan fingerprint density at radius 1 is 1.33 bits per heavy atom. The van der Waals surface area contributed by atoms with Gasteiger partial charge in [0.25, 0.3) is 0 Å². The van der Waals surface area contributed by atoms with Crippen LogP contribution in [0, 0.1) is 0 Å². The van der Waals surface area contributed by atoms with Gasteiger partial charge < -0.3 is 10.1 Å². The quantitative estimate of drug-likeness (QED) is 0.323. The monoisotopic (exact) mass is 473 g/mol. The highest BCUT2D eigenvalue weighted by atomic mass is 35.5. The van der Waals surface area contributed by atoms with Crippen molar-refractivity contribution in [2.75, 3.05) is 19.0 Å². The number of thiophene rings is 1. The first-order valence-corrected chi connectivity index (χ1v) is 11.7. The van der Waals surface area contributed by atoms with Gasteiger partial charge in [-0.3, -0.25) is 9.88 Å². The van der Waals surface area contributed by atoms with Gasteiger partial charge in [0.2, 0.25) is 11.7 Å². The fourth-order valence-electron chi connectivity index (χ4n) is 3.48. The van der Waals surface area contributed by atoms with Crippen molar-refractivity contribution in [2.45, 2.75) is 52.2 Å². The Morgan fingerprint density at radius 2 is 2.13 bits per heavy atom. The Bertz CT molecular complexity index is 960. The van der Waals surface area contributed by atoms with Gasteiger partial charge in [0, 0.05) is 11.5 Å². The molecular formula is C20H26Cl2FN5OS. The molecule has 3 aromatic rings. The highest BCUT2D eigenvalue weighted by molar-refractivity contribution is 7.09. The van der Waals surface area contributed by atoms with Crippen LogP contribution in [0.3, 0.4) is 0 Å². The van der Waals surface area contributed by atoms with E-state index in [1.165, 1.54) is 4.57 Å². The smallest absolute Gasteiger partial charge is 0.231 e. The largest absolute Gasteiger partial charge is 0.372 e. The standard InChI is InChI=1S/C18H20Cl2FN5OS.C2H6/c1-22-18(21)26-14(11-6-2-3-7-27-11)12(19)13-15(26)16(25-17(20)24-13)23-9-10-5-4-8-28-10;1-2/h4-5,8,11,18,22H,2-3,6-7,9H2,1H3,(H,23,24,25);1-2H3. The minimum Gasteiger partial charge on any atom is -0.372 e. The van der Waals surface area contributed by atoms with Crippen LogP contribution in [0.1, 0.15) is 56.2 Å². The number of nitrogens with zero attached hydrogens (tertiary/aromatic N) is 3. The minimum absolute atomic E-state index is 0.0520. The maximum absolute atomic E-state index is 15.0. The molecule has 6 nitrogen and oxygen atoms in total.